The standard InChI is InChI=1S/C26H23F5O/c1-2-32-22-15-14-21(25(30)26(22)31)20-13-12-19(23(28)24(20)29)18-10-8-17(9-11-18)7-5-3-4-6-16-27/h4,6,8-15H,2-3,5,7,16H2,1H3/b6-4+. The molecular formula is C26H23F5O. The fourth-order valence-corrected chi connectivity index (χ4v) is 3.44. The van der Waals surface area contributed by atoms with Crippen LogP contribution in [0.3, 0.4) is 0 Å². The quantitative estimate of drug-likeness (QED) is 0.185. The minimum Gasteiger partial charge on any atom is -0.491 e. The second-order valence-electron chi connectivity index (χ2n) is 7.18. The maximum Gasteiger partial charge on any atom is 0.201 e. The van der Waals surface area contributed by atoms with E-state index in [-0.39, 0.29) is 29.0 Å². The lowest BCUT2D eigenvalue weighted by Crippen LogP contribution is -2.00. The molecule has 0 aromatic heterocycles. The third-order valence-electron chi connectivity index (χ3n) is 5.08. The first-order valence-electron chi connectivity index (χ1n) is 10.4. The van der Waals surface area contributed by atoms with Crippen molar-refractivity contribution in [2.45, 2.75) is 26.2 Å². The van der Waals surface area contributed by atoms with E-state index in [4.69, 9.17) is 4.74 Å². The lowest BCUT2D eigenvalue weighted by Gasteiger charge is -2.12. The molecule has 168 valence electrons. The van der Waals surface area contributed by atoms with E-state index in [0.717, 1.165) is 24.8 Å². The Morgan fingerprint density at radius 1 is 0.719 bits per heavy atom. The summed E-state index contributed by atoms with van der Waals surface area (Å²) in [5.74, 6) is -5.23. The highest BCUT2D eigenvalue weighted by atomic mass is 19.2. The lowest BCUT2D eigenvalue weighted by molar-refractivity contribution is 0.314. The van der Waals surface area contributed by atoms with Crippen LogP contribution in [-0.4, -0.2) is 13.3 Å². The average Bonchev–Trinajstić information content (AvgIpc) is 2.80. The molecule has 0 saturated heterocycles. The van der Waals surface area contributed by atoms with E-state index in [1.807, 2.05) is 12.1 Å². The molecule has 3 rings (SSSR count). The van der Waals surface area contributed by atoms with Crippen molar-refractivity contribution in [3.8, 4) is 28.0 Å². The van der Waals surface area contributed by atoms with Crippen LogP contribution >= 0.6 is 0 Å². The summed E-state index contributed by atoms with van der Waals surface area (Å²) in [5.41, 5.74) is 0.754. The molecule has 3 aromatic carbocycles. The van der Waals surface area contributed by atoms with Gasteiger partial charge in [-0.3, -0.25) is 0 Å². The zero-order valence-electron chi connectivity index (χ0n) is 17.6. The van der Waals surface area contributed by atoms with Crippen molar-refractivity contribution in [1.29, 1.82) is 0 Å². The highest BCUT2D eigenvalue weighted by molar-refractivity contribution is 5.72. The van der Waals surface area contributed by atoms with Crippen LogP contribution in [0.25, 0.3) is 22.3 Å². The SMILES string of the molecule is CCOc1ccc(-c2ccc(-c3ccc(CCC/C=C/CF)cc3)c(F)c2F)c(F)c1F. The second kappa shape index (κ2) is 10.9. The van der Waals surface area contributed by atoms with Gasteiger partial charge in [-0.2, -0.15) is 4.39 Å². The van der Waals surface area contributed by atoms with E-state index in [9.17, 15) is 22.0 Å². The average molecular weight is 446 g/mol. The summed E-state index contributed by atoms with van der Waals surface area (Å²) in [6.45, 7) is 1.29. The number of halogens is 5. The number of ether oxygens (including phenoxy) is 1. The van der Waals surface area contributed by atoms with E-state index >= 15 is 0 Å². The van der Waals surface area contributed by atoms with Gasteiger partial charge in [-0.1, -0.05) is 48.6 Å². The Morgan fingerprint density at radius 2 is 1.31 bits per heavy atom. The fourth-order valence-electron chi connectivity index (χ4n) is 3.44. The Labute approximate surface area is 184 Å². The first-order chi connectivity index (χ1) is 15.5. The normalized spacial score (nSPS) is 11.3. The molecule has 0 radical (unpaired) electrons. The van der Waals surface area contributed by atoms with Gasteiger partial charge < -0.3 is 4.74 Å². The molecule has 0 aliphatic heterocycles. The number of alkyl halides is 1. The fraction of sp³-hybridized carbons (Fsp3) is 0.231. The summed E-state index contributed by atoms with van der Waals surface area (Å²) in [4.78, 5) is 0. The first-order valence-corrected chi connectivity index (χ1v) is 10.4. The number of unbranched alkanes of at least 4 members (excludes halogenated alkanes) is 1. The van der Waals surface area contributed by atoms with Gasteiger partial charge in [0.2, 0.25) is 5.82 Å². The molecule has 1 nitrogen and oxygen atoms in total. The molecular weight excluding hydrogens is 423 g/mol. The van der Waals surface area contributed by atoms with E-state index < -0.39 is 29.9 Å². The van der Waals surface area contributed by atoms with Gasteiger partial charge in [-0.25, -0.2) is 17.6 Å². The molecule has 6 heteroatoms. The Morgan fingerprint density at radius 3 is 1.97 bits per heavy atom. The van der Waals surface area contributed by atoms with Crippen LogP contribution in [0.15, 0.2) is 60.7 Å². The minimum atomic E-state index is -1.30. The van der Waals surface area contributed by atoms with Crippen LogP contribution < -0.4 is 4.74 Å². The number of allylic oxidation sites excluding steroid dienone is 2. The van der Waals surface area contributed by atoms with Gasteiger partial charge in [-0.15, -0.1) is 0 Å². The summed E-state index contributed by atoms with van der Waals surface area (Å²) in [7, 11) is 0. The van der Waals surface area contributed by atoms with Gasteiger partial charge in [0.1, 0.15) is 6.67 Å². The van der Waals surface area contributed by atoms with Gasteiger partial charge in [0.15, 0.2) is 23.2 Å². The number of benzene rings is 3. The van der Waals surface area contributed by atoms with E-state index in [2.05, 4.69) is 0 Å². The topological polar surface area (TPSA) is 9.23 Å². The third-order valence-corrected chi connectivity index (χ3v) is 5.08. The lowest BCUT2D eigenvalue weighted by atomic mass is 9.97. The zero-order valence-corrected chi connectivity index (χ0v) is 17.6. The van der Waals surface area contributed by atoms with Crippen molar-refractivity contribution < 1.29 is 26.7 Å². The molecule has 0 saturated carbocycles. The molecule has 0 fully saturated rings. The van der Waals surface area contributed by atoms with Gasteiger partial charge in [0.25, 0.3) is 0 Å². The molecule has 0 spiro atoms. The number of hydrogen-bond donors (Lipinski definition) is 0. The molecule has 3 aromatic rings. The molecule has 32 heavy (non-hydrogen) atoms. The number of aryl methyl sites for hydroxylation is 1. The Hall–Kier alpha value is -3.15. The van der Waals surface area contributed by atoms with Gasteiger partial charge >= 0.3 is 0 Å². The van der Waals surface area contributed by atoms with Crippen molar-refractivity contribution in [3.05, 3.63) is 89.5 Å². The monoisotopic (exact) mass is 446 g/mol. The van der Waals surface area contributed by atoms with Crippen molar-refractivity contribution in [2.24, 2.45) is 0 Å². The predicted molar refractivity (Wildman–Crippen MR) is 116 cm³/mol. The Kier molecular flexibility index (Phi) is 8.03. The van der Waals surface area contributed by atoms with E-state index in [1.54, 1.807) is 25.1 Å². The third kappa shape index (κ3) is 5.18. The van der Waals surface area contributed by atoms with Crippen LogP contribution in [0.1, 0.15) is 25.3 Å². The second-order valence-corrected chi connectivity index (χ2v) is 7.18. The van der Waals surface area contributed by atoms with Crippen molar-refractivity contribution >= 4 is 0 Å². The summed E-state index contributed by atoms with van der Waals surface area (Å²) >= 11 is 0. The molecule has 0 unspecified atom stereocenters. The summed E-state index contributed by atoms with van der Waals surface area (Å²) in [6, 6.07) is 11.9. The number of rotatable bonds is 9. The molecule has 0 amide bonds. The summed E-state index contributed by atoms with van der Waals surface area (Å²) in [6.07, 6.45) is 5.63. The van der Waals surface area contributed by atoms with E-state index in [0.29, 0.717) is 5.56 Å². The molecule has 0 atom stereocenters. The van der Waals surface area contributed by atoms with Crippen LogP contribution in [0.2, 0.25) is 0 Å². The number of hydrogen-bond acceptors (Lipinski definition) is 1. The highest BCUT2D eigenvalue weighted by Crippen LogP contribution is 2.35. The maximum atomic E-state index is 14.8. The molecule has 0 aliphatic carbocycles. The van der Waals surface area contributed by atoms with Gasteiger partial charge in [0, 0.05) is 16.7 Å². The molecule has 0 bridgehead atoms. The summed E-state index contributed by atoms with van der Waals surface area (Å²) < 4.78 is 75.3. The van der Waals surface area contributed by atoms with E-state index in [1.165, 1.54) is 30.3 Å². The van der Waals surface area contributed by atoms with Crippen molar-refractivity contribution in [3.63, 3.8) is 0 Å². The minimum absolute atomic E-state index is 0.0236. The van der Waals surface area contributed by atoms with Crippen molar-refractivity contribution in [1.82, 2.24) is 0 Å². The summed E-state index contributed by atoms with van der Waals surface area (Å²) in [5, 5.41) is 0. The van der Waals surface area contributed by atoms with Gasteiger partial charge in [-0.05, 0) is 49.4 Å². The molecule has 0 N–H and O–H groups in total. The first kappa shape index (κ1) is 23.5. The van der Waals surface area contributed by atoms with Crippen LogP contribution in [0, 0.1) is 23.3 Å². The largest absolute Gasteiger partial charge is 0.491 e. The molecule has 0 heterocycles. The molecule has 0 aliphatic rings. The van der Waals surface area contributed by atoms with Gasteiger partial charge in [0.05, 0.1) is 6.61 Å². The van der Waals surface area contributed by atoms with Crippen LogP contribution in [0.4, 0.5) is 22.0 Å². The Balaban J connectivity index is 1.84. The predicted octanol–water partition coefficient (Wildman–Crippen LogP) is 7.82. The smallest absolute Gasteiger partial charge is 0.201 e. The highest BCUT2D eigenvalue weighted by Gasteiger charge is 2.21. The van der Waals surface area contributed by atoms with Crippen LogP contribution in [0.5, 0.6) is 5.75 Å². The van der Waals surface area contributed by atoms with Crippen molar-refractivity contribution in [2.75, 3.05) is 13.3 Å². The maximum absolute atomic E-state index is 14.8. The zero-order chi connectivity index (χ0) is 23.1. The van der Waals surface area contributed by atoms with Crippen LogP contribution in [-0.2, 0) is 6.42 Å². The Bertz CT molecular complexity index is 1090.